The molecule has 0 aliphatic carbocycles. The van der Waals surface area contributed by atoms with Gasteiger partial charge in [0.05, 0.1) is 0 Å². The van der Waals surface area contributed by atoms with E-state index in [0.29, 0.717) is 5.41 Å². The van der Waals surface area contributed by atoms with Crippen molar-refractivity contribution in [2.24, 2.45) is 11.3 Å². The summed E-state index contributed by atoms with van der Waals surface area (Å²) in [6.45, 7) is 14.5. The fourth-order valence-corrected chi connectivity index (χ4v) is 2.66. The first-order chi connectivity index (χ1) is 6.90. The summed E-state index contributed by atoms with van der Waals surface area (Å²) in [5.41, 5.74) is 0.465. The lowest BCUT2D eigenvalue weighted by molar-refractivity contribution is 0.0927. The maximum absolute atomic E-state index is 2.74. The highest BCUT2D eigenvalue weighted by Gasteiger charge is 2.27. The Labute approximate surface area is 96.2 Å². The van der Waals surface area contributed by atoms with Crippen molar-refractivity contribution in [2.75, 3.05) is 13.1 Å². The Morgan fingerprint density at radius 3 is 1.93 bits per heavy atom. The maximum Gasteiger partial charge on any atom is 0.0123 e. The lowest BCUT2D eigenvalue weighted by Crippen LogP contribution is -2.44. The van der Waals surface area contributed by atoms with Crippen molar-refractivity contribution < 1.29 is 0 Å². The predicted molar refractivity (Wildman–Crippen MR) is 68.1 cm³/mol. The highest BCUT2D eigenvalue weighted by molar-refractivity contribution is 4.81. The van der Waals surface area contributed by atoms with E-state index in [-0.39, 0.29) is 0 Å². The van der Waals surface area contributed by atoms with Crippen LogP contribution < -0.4 is 0 Å². The molecular weight excluding hydrogens is 182 g/mol. The lowest BCUT2D eigenvalue weighted by atomic mass is 9.82. The second-order valence-electron chi connectivity index (χ2n) is 6.67. The topological polar surface area (TPSA) is 3.24 Å². The first kappa shape index (κ1) is 13.0. The molecule has 1 atom stereocenters. The Morgan fingerprint density at radius 2 is 1.53 bits per heavy atom. The van der Waals surface area contributed by atoms with Crippen LogP contribution >= 0.6 is 0 Å². The van der Waals surface area contributed by atoms with Crippen LogP contribution in [0.5, 0.6) is 0 Å². The molecule has 0 aromatic rings. The van der Waals surface area contributed by atoms with Gasteiger partial charge in [-0.3, -0.25) is 0 Å². The Kier molecular flexibility index (Phi) is 4.64. The molecule has 0 radical (unpaired) electrons. The summed E-state index contributed by atoms with van der Waals surface area (Å²) in [7, 11) is 0. The molecule has 0 N–H and O–H groups in total. The van der Waals surface area contributed by atoms with E-state index in [1.807, 2.05) is 0 Å². The van der Waals surface area contributed by atoms with Gasteiger partial charge < -0.3 is 4.90 Å². The van der Waals surface area contributed by atoms with Gasteiger partial charge in [-0.1, -0.05) is 41.0 Å². The molecule has 1 heteroatoms. The number of likely N-dealkylation sites (tertiary alicyclic amines) is 1. The number of nitrogens with zero attached hydrogens (tertiary/aromatic N) is 1. The Bertz CT molecular complexity index is 172. The molecule has 1 rings (SSSR count). The zero-order chi connectivity index (χ0) is 11.5. The third kappa shape index (κ3) is 4.55. The van der Waals surface area contributed by atoms with Crippen LogP contribution in [0.25, 0.3) is 0 Å². The summed E-state index contributed by atoms with van der Waals surface area (Å²) in [5, 5.41) is 0. The fraction of sp³-hybridized carbons (Fsp3) is 1.00. The zero-order valence-electron chi connectivity index (χ0n) is 11.3. The van der Waals surface area contributed by atoms with Gasteiger partial charge in [-0.2, -0.15) is 0 Å². The van der Waals surface area contributed by atoms with E-state index in [0.717, 1.165) is 12.0 Å². The largest absolute Gasteiger partial charge is 0.300 e. The lowest BCUT2D eigenvalue weighted by Gasteiger charge is -2.40. The minimum absolute atomic E-state index is 0.465. The molecule has 1 aliphatic heterocycles. The van der Waals surface area contributed by atoms with Gasteiger partial charge in [-0.05, 0) is 43.7 Å². The third-order valence-electron chi connectivity index (χ3n) is 3.45. The van der Waals surface area contributed by atoms with Crippen molar-refractivity contribution in [1.29, 1.82) is 0 Å². The van der Waals surface area contributed by atoms with Crippen LogP contribution in [0.4, 0.5) is 0 Å². The molecule has 15 heavy (non-hydrogen) atoms. The minimum atomic E-state index is 0.465. The summed E-state index contributed by atoms with van der Waals surface area (Å²) < 4.78 is 0. The highest BCUT2D eigenvalue weighted by atomic mass is 15.2. The van der Waals surface area contributed by atoms with E-state index in [1.54, 1.807) is 0 Å². The van der Waals surface area contributed by atoms with E-state index in [2.05, 4.69) is 39.5 Å². The molecule has 1 fully saturated rings. The van der Waals surface area contributed by atoms with Gasteiger partial charge in [0.15, 0.2) is 0 Å². The molecule has 1 nitrogen and oxygen atoms in total. The average molecular weight is 211 g/mol. The molecule has 90 valence electrons. The van der Waals surface area contributed by atoms with E-state index < -0.39 is 0 Å². The standard InChI is InChI=1S/C14H29N/c1-12(2)13(11-14(3,4)5)15-9-7-6-8-10-15/h12-13H,6-11H2,1-5H3. The first-order valence-corrected chi connectivity index (χ1v) is 6.64. The van der Waals surface area contributed by atoms with Gasteiger partial charge in [-0.15, -0.1) is 0 Å². The molecular formula is C14H29N. The molecule has 1 heterocycles. The molecule has 0 aromatic carbocycles. The number of rotatable bonds is 3. The minimum Gasteiger partial charge on any atom is -0.300 e. The summed E-state index contributed by atoms with van der Waals surface area (Å²) in [4.78, 5) is 2.74. The summed E-state index contributed by atoms with van der Waals surface area (Å²) in [6, 6.07) is 0.797. The van der Waals surface area contributed by atoms with E-state index in [9.17, 15) is 0 Å². The normalized spacial score (nSPS) is 22.0. The molecule has 1 aliphatic rings. The van der Waals surface area contributed by atoms with Gasteiger partial charge in [0.1, 0.15) is 0 Å². The molecule has 1 saturated heterocycles. The Balaban J connectivity index is 2.56. The van der Waals surface area contributed by atoms with Crippen LogP contribution in [0.1, 0.15) is 60.3 Å². The fourth-order valence-electron chi connectivity index (χ4n) is 2.66. The third-order valence-corrected chi connectivity index (χ3v) is 3.45. The van der Waals surface area contributed by atoms with Gasteiger partial charge in [0.2, 0.25) is 0 Å². The van der Waals surface area contributed by atoms with Gasteiger partial charge in [0.25, 0.3) is 0 Å². The van der Waals surface area contributed by atoms with E-state index >= 15 is 0 Å². The number of piperidine rings is 1. The van der Waals surface area contributed by atoms with Crippen molar-refractivity contribution in [2.45, 2.75) is 66.3 Å². The maximum atomic E-state index is 2.74. The SMILES string of the molecule is CC(C)C(CC(C)(C)C)N1CCCCC1. The van der Waals surface area contributed by atoms with E-state index in [1.165, 1.54) is 38.8 Å². The van der Waals surface area contributed by atoms with Crippen LogP contribution in [0.2, 0.25) is 0 Å². The molecule has 0 aromatic heterocycles. The summed E-state index contributed by atoms with van der Waals surface area (Å²) in [5.74, 6) is 0.794. The van der Waals surface area contributed by atoms with E-state index in [4.69, 9.17) is 0 Å². The number of hydrogen-bond donors (Lipinski definition) is 0. The van der Waals surface area contributed by atoms with Gasteiger partial charge in [0, 0.05) is 6.04 Å². The van der Waals surface area contributed by atoms with Crippen molar-refractivity contribution >= 4 is 0 Å². The van der Waals surface area contributed by atoms with Crippen LogP contribution in [0, 0.1) is 11.3 Å². The zero-order valence-corrected chi connectivity index (χ0v) is 11.3. The van der Waals surface area contributed by atoms with Crippen LogP contribution in [-0.2, 0) is 0 Å². The Morgan fingerprint density at radius 1 is 1.00 bits per heavy atom. The smallest absolute Gasteiger partial charge is 0.0123 e. The molecule has 1 unspecified atom stereocenters. The quantitative estimate of drug-likeness (QED) is 0.683. The average Bonchev–Trinajstić information content (AvgIpc) is 2.14. The van der Waals surface area contributed by atoms with Crippen LogP contribution in [-0.4, -0.2) is 24.0 Å². The Hall–Kier alpha value is -0.0400. The second kappa shape index (κ2) is 5.34. The number of hydrogen-bond acceptors (Lipinski definition) is 1. The second-order valence-corrected chi connectivity index (χ2v) is 6.67. The molecule has 0 bridgehead atoms. The van der Waals surface area contributed by atoms with Crippen LogP contribution in [0.3, 0.4) is 0 Å². The highest BCUT2D eigenvalue weighted by Crippen LogP contribution is 2.29. The van der Waals surface area contributed by atoms with Crippen molar-refractivity contribution in [1.82, 2.24) is 4.90 Å². The van der Waals surface area contributed by atoms with Crippen LogP contribution in [0.15, 0.2) is 0 Å². The molecule has 0 saturated carbocycles. The molecule has 0 spiro atoms. The predicted octanol–water partition coefficient (Wildman–Crippen LogP) is 3.93. The van der Waals surface area contributed by atoms with Crippen molar-refractivity contribution in [3.05, 3.63) is 0 Å². The van der Waals surface area contributed by atoms with Gasteiger partial charge >= 0.3 is 0 Å². The summed E-state index contributed by atoms with van der Waals surface area (Å²) in [6.07, 6.45) is 5.60. The van der Waals surface area contributed by atoms with Gasteiger partial charge in [-0.25, -0.2) is 0 Å². The first-order valence-electron chi connectivity index (χ1n) is 6.64. The van der Waals surface area contributed by atoms with Crippen molar-refractivity contribution in [3.63, 3.8) is 0 Å². The summed E-state index contributed by atoms with van der Waals surface area (Å²) >= 11 is 0. The molecule has 0 amide bonds. The monoisotopic (exact) mass is 211 g/mol. The van der Waals surface area contributed by atoms with Crippen molar-refractivity contribution in [3.8, 4) is 0 Å².